The maximum absolute atomic E-state index is 13.0. The standard InChI is InChI=1S/C24H21NO6/c1-28-18-11-7-10-17(14-18)25-23(26)22(16-8-3-2-4-9-16)31-24(27)21-15-29-19-12-5-6-13-20(19)30-21/h2-14,21-22H,15H2,1H3,(H,25,26)/t21-,22+/m0/s1. The van der Waals surface area contributed by atoms with Gasteiger partial charge in [0.2, 0.25) is 12.2 Å². The fraction of sp³-hybridized carbons (Fsp3) is 0.167. The van der Waals surface area contributed by atoms with Crippen LogP contribution >= 0.6 is 0 Å². The highest BCUT2D eigenvalue weighted by molar-refractivity contribution is 5.96. The van der Waals surface area contributed by atoms with Crippen LogP contribution in [0.3, 0.4) is 0 Å². The predicted molar refractivity (Wildman–Crippen MR) is 113 cm³/mol. The van der Waals surface area contributed by atoms with E-state index >= 15 is 0 Å². The van der Waals surface area contributed by atoms with Crippen LogP contribution in [0.1, 0.15) is 11.7 Å². The number of carbonyl (C=O) groups excluding carboxylic acids is 2. The van der Waals surface area contributed by atoms with Gasteiger partial charge in [-0.15, -0.1) is 0 Å². The first-order valence-corrected chi connectivity index (χ1v) is 9.73. The topological polar surface area (TPSA) is 83.1 Å². The molecule has 1 heterocycles. The number of nitrogens with one attached hydrogen (secondary N) is 1. The lowest BCUT2D eigenvalue weighted by atomic mass is 10.1. The molecule has 0 saturated heterocycles. The number of hydrogen-bond donors (Lipinski definition) is 1. The first kappa shape index (κ1) is 20.3. The Morgan fingerprint density at radius 3 is 2.48 bits per heavy atom. The molecular weight excluding hydrogens is 398 g/mol. The smallest absolute Gasteiger partial charge is 0.352 e. The summed E-state index contributed by atoms with van der Waals surface area (Å²) in [7, 11) is 1.54. The van der Waals surface area contributed by atoms with E-state index in [1.807, 2.05) is 12.1 Å². The summed E-state index contributed by atoms with van der Waals surface area (Å²) in [6.07, 6.45) is -2.15. The van der Waals surface area contributed by atoms with Gasteiger partial charge >= 0.3 is 5.97 Å². The van der Waals surface area contributed by atoms with Crippen LogP contribution in [0, 0.1) is 0 Å². The Bertz CT molecular complexity index is 1070. The molecule has 4 rings (SSSR count). The Labute approximate surface area is 179 Å². The van der Waals surface area contributed by atoms with Gasteiger partial charge in [-0.05, 0) is 24.3 Å². The van der Waals surface area contributed by atoms with Crippen LogP contribution in [-0.4, -0.2) is 31.7 Å². The largest absolute Gasteiger partial charge is 0.497 e. The number of para-hydroxylation sites is 2. The highest BCUT2D eigenvalue weighted by Crippen LogP contribution is 2.32. The van der Waals surface area contributed by atoms with Crippen LogP contribution in [0.5, 0.6) is 17.2 Å². The van der Waals surface area contributed by atoms with Gasteiger partial charge in [-0.1, -0.05) is 48.5 Å². The zero-order chi connectivity index (χ0) is 21.6. The van der Waals surface area contributed by atoms with Gasteiger partial charge in [0.25, 0.3) is 5.91 Å². The number of esters is 1. The van der Waals surface area contributed by atoms with Gasteiger partial charge in [0.05, 0.1) is 7.11 Å². The van der Waals surface area contributed by atoms with Crippen molar-refractivity contribution in [3.8, 4) is 17.2 Å². The molecule has 7 heteroatoms. The molecule has 1 N–H and O–H groups in total. The summed E-state index contributed by atoms with van der Waals surface area (Å²) >= 11 is 0. The Morgan fingerprint density at radius 2 is 1.71 bits per heavy atom. The minimum Gasteiger partial charge on any atom is -0.497 e. The molecule has 7 nitrogen and oxygen atoms in total. The highest BCUT2D eigenvalue weighted by atomic mass is 16.6. The van der Waals surface area contributed by atoms with Gasteiger partial charge in [0.1, 0.15) is 12.4 Å². The van der Waals surface area contributed by atoms with Crippen molar-refractivity contribution in [2.45, 2.75) is 12.2 Å². The molecule has 0 saturated carbocycles. The van der Waals surface area contributed by atoms with Crippen LogP contribution in [-0.2, 0) is 14.3 Å². The fourth-order valence-corrected chi connectivity index (χ4v) is 3.14. The molecule has 3 aromatic carbocycles. The first-order chi connectivity index (χ1) is 15.1. The number of hydrogen-bond acceptors (Lipinski definition) is 6. The van der Waals surface area contributed by atoms with E-state index in [0.29, 0.717) is 28.5 Å². The lowest BCUT2D eigenvalue weighted by Crippen LogP contribution is -2.39. The second-order valence-electron chi connectivity index (χ2n) is 6.81. The van der Waals surface area contributed by atoms with Crippen molar-refractivity contribution < 1.29 is 28.5 Å². The molecule has 0 aliphatic carbocycles. The molecule has 0 aromatic heterocycles. The van der Waals surface area contributed by atoms with Gasteiger partial charge in [-0.3, -0.25) is 4.79 Å². The molecule has 0 fully saturated rings. The highest BCUT2D eigenvalue weighted by Gasteiger charge is 2.33. The van der Waals surface area contributed by atoms with Crippen molar-refractivity contribution in [1.82, 2.24) is 0 Å². The van der Waals surface area contributed by atoms with Crippen molar-refractivity contribution in [2.24, 2.45) is 0 Å². The molecular formula is C24H21NO6. The molecule has 0 radical (unpaired) electrons. The zero-order valence-corrected chi connectivity index (χ0v) is 16.8. The number of fused-ring (bicyclic) bond motifs is 1. The van der Waals surface area contributed by atoms with Crippen molar-refractivity contribution in [1.29, 1.82) is 0 Å². The fourth-order valence-electron chi connectivity index (χ4n) is 3.14. The lowest BCUT2D eigenvalue weighted by molar-refractivity contribution is -0.164. The lowest BCUT2D eigenvalue weighted by Gasteiger charge is -2.26. The summed E-state index contributed by atoms with van der Waals surface area (Å²) in [5, 5.41) is 2.77. The Balaban J connectivity index is 1.51. The second-order valence-corrected chi connectivity index (χ2v) is 6.81. The molecule has 1 aliphatic heterocycles. The number of carbonyl (C=O) groups is 2. The number of anilines is 1. The Morgan fingerprint density at radius 1 is 0.968 bits per heavy atom. The van der Waals surface area contributed by atoms with E-state index in [-0.39, 0.29) is 6.61 Å². The van der Waals surface area contributed by atoms with Crippen molar-refractivity contribution in [2.75, 3.05) is 19.0 Å². The van der Waals surface area contributed by atoms with E-state index < -0.39 is 24.1 Å². The van der Waals surface area contributed by atoms with Crippen LogP contribution in [0.15, 0.2) is 78.9 Å². The maximum atomic E-state index is 13.0. The summed E-state index contributed by atoms with van der Waals surface area (Å²) in [6, 6.07) is 22.8. The van der Waals surface area contributed by atoms with E-state index in [4.69, 9.17) is 18.9 Å². The third kappa shape index (κ3) is 4.78. The molecule has 0 bridgehead atoms. The molecule has 158 valence electrons. The van der Waals surface area contributed by atoms with E-state index in [2.05, 4.69) is 5.32 Å². The Hall–Kier alpha value is -4.00. The quantitative estimate of drug-likeness (QED) is 0.613. The van der Waals surface area contributed by atoms with Gasteiger partial charge in [-0.2, -0.15) is 0 Å². The van der Waals surface area contributed by atoms with Gasteiger partial charge in [0.15, 0.2) is 11.5 Å². The van der Waals surface area contributed by atoms with Crippen LogP contribution in [0.4, 0.5) is 5.69 Å². The molecule has 3 aromatic rings. The van der Waals surface area contributed by atoms with Crippen molar-refractivity contribution in [3.63, 3.8) is 0 Å². The first-order valence-electron chi connectivity index (χ1n) is 9.73. The summed E-state index contributed by atoms with van der Waals surface area (Å²) < 4.78 is 22.1. The van der Waals surface area contributed by atoms with Crippen LogP contribution in [0.25, 0.3) is 0 Å². The molecule has 0 unspecified atom stereocenters. The molecule has 1 amide bonds. The number of rotatable bonds is 6. The molecule has 0 spiro atoms. The molecule has 1 aliphatic rings. The summed E-state index contributed by atoms with van der Waals surface area (Å²) in [5.41, 5.74) is 1.06. The van der Waals surface area contributed by atoms with E-state index in [0.717, 1.165) is 0 Å². The third-order valence-corrected chi connectivity index (χ3v) is 4.68. The van der Waals surface area contributed by atoms with Gasteiger partial charge < -0.3 is 24.3 Å². The van der Waals surface area contributed by atoms with Crippen molar-refractivity contribution in [3.05, 3.63) is 84.4 Å². The summed E-state index contributed by atoms with van der Waals surface area (Å²) in [4.78, 5) is 25.8. The molecule has 31 heavy (non-hydrogen) atoms. The number of methoxy groups -OCH3 is 1. The minimum absolute atomic E-state index is 0.00510. The molecule has 2 atom stereocenters. The van der Waals surface area contributed by atoms with E-state index in [1.165, 1.54) is 0 Å². The summed E-state index contributed by atoms with van der Waals surface area (Å²) in [5.74, 6) is 0.418. The average Bonchev–Trinajstić information content (AvgIpc) is 2.82. The number of benzene rings is 3. The normalized spacial score (nSPS) is 15.5. The monoisotopic (exact) mass is 419 g/mol. The van der Waals surface area contributed by atoms with E-state index in [9.17, 15) is 9.59 Å². The summed E-state index contributed by atoms with van der Waals surface area (Å²) in [6.45, 7) is -0.00510. The maximum Gasteiger partial charge on any atom is 0.352 e. The second kappa shape index (κ2) is 9.21. The third-order valence-electron chi connectivity index (χ3n) is 4.68. The van der Waals surface area contributed by atoms with E-state index in [1.54, 1.807) is 73.8 Å². The van der Waals surface area contributed by atoms with Crippen LogP contribution < -0.4 is 19.5 Å². The number of amides is 1. The SMILES string of the molecule is COc1cccc(NC(=O)[C@H](OC(=O)[C@@H]2COc3ccccc3O2)c2ccccc2)c1. The van der Waals surface area contributed by atoms with Gasteiger partial charge in [-0.25, -0.2) is 4.79 Å². The number of ether oxygens (including phenoxy) is 4. The van der Waals surface area contributed by atoms with Crippen molar-refractivity contribution >= 4 is 17.6 Å². The Kier molecular flexibility index (Phi) is 6.03. The van der Waals surface area contributed by atoms with Gasteiger partial charge in [0, 0.05) is 17.3 Å². The zero-order valence-electron chi connectivity index (χ0n) is 16.8. The predicted octanol–water partition coefficient (Wildman–Crippen LogP) is 3.76. The minimum atomic E-state index is -1.17. The average molecular weight is 419 g/mol. The van der Waals surface area contributed by atoms with Crippen LogP contribution in [0.2, 0.25) is 0 Å².